The normalized spacial score (nSPS) is 13.1. The third-order valence-corrected chi connectivity index (χ3v) is 4.66. The quantitative estimate of drug-likeness (QED) is 0.429. The number of hydrogen-bond donors (Lipinski definition) is 1. The first-order chi connectivity index (χ1) is 14.3. The van der Waals surface area contributed by atoms with Crippen LogP contribution in [0.3, 0.4) is 0 Å². The lowest BCUT2D eigenvalue weighted by atomic mass is 9.84. The molecule has 0 aliphatic heterocycles. The monoisotopic (exact) mass is 415 g/mol. The van der Waals surface area contributed by atoms with Crippen LogP contribution in [0.1, 0.15) is 21.5 Å². The van der Waals surface area contributed by atoms with Crippen LogP contribution in [0.2, 0.25) is 0 Å². The SMILES string of the molecule is COc1cc2c(cc1OC)C(O)=C(c1cc(OC)c(OC)cc1[N+](=O)[O-])C(=O)C2=O. The van der Waals surface area contributed by atoms with E-state index < -0.39 is 33.5 Å². The molecule has 2 aromatic rings. The molecule has 10 heteroatoms. The van der Waals surface area contributed by atoms with Gasteiger partial charge < -0.3 is 24.1 Å². The number of fused-ring (bicyclic) bond motifs is 1. The van der Waals surface area contributed by atoms with Gasteiger partial charge in [-0.2, -0.15) is 0 Å². The van der Waals surface area contributed by atoms with Crippen molar-refractivity contribution in [2.75, 3.05) is 28.4 Å². The van der Waals surface area contributed by atoms with Crippen molar-refractivity contribution in [1.82, 2.24) is 0 Å². The number of ketones is 2. The van der Waals surface area contributed by atoms with Gasteiger partial charge in [-0.05, 0) is 18.2 Å². The summed E-state index contributed by atoms with van der Waals surface area (Å²) in [5.41, 5.74) is -1.47. The molecule has 0 fully saturated rings. The van der Waals surface area contributed by atoms with Crippen molar-refractivity contribution in [2.24, 2.45) is 0 Å². The summed E-state index contributed by atoms with van der Waals surface area (Å²) in [6.45, 7) is 0. The second kappa shape index (κ2) is 7.74. The topological polar surface area (TPSA) is 134 Å². The second-order valence-electron chi connectivity index (χ2n) is 6.12. The van der Waals surface area contributed by atoms with Gasteiger partial charge >= 0.3 is 0 Å². The number of rotatable bonds is 6. The maximum Gasteiger partial charge on any atom is 0.281 e. The van der Waals surface area contributed by atoms with Crippen LogP contribution < -0.4 is 18.9 Å². The predicted molar refractivity (Wildman–Crippen MR) is 105 cm³/mol. The van der Waals surface area contributed by atoms with Crippen LogP contribution in [-0.2, 0) is 4.79 Å². The summed E-state index contributed by atoms with van der Waals surface area (Å²) in [5, 5.41) is 22.5. The third-order valence-electron chi connectivity index (χ3n) is 4.66. The molecule has 0 heterocycles. The Kier molecular flexibility index (Phi) is 5.33. The molecule has 156 valence electrons. The molecule has 0 unspecified atom stereocenters. The van der Waals surface area contributed by atoms with E-state index in [4.69, 9.17) is 18.9 Å². The summed E-state index contributed by atoms with van der Waals surface area (Å²) in [4.78, 5) is 36.5. The van der Waals surface area contributed by atoms with E-state index in [1.54, 1.807) is 0 Å². The number of aliphatic hydroxyl groups excluding tert-OH is 1. The fourth-order valence-corrected chi connectivity index (χ4v) is 3.21. The van der Waals surface area contributed by atoms with Crippen LogP contribution in [0, 0.1) is 10.1 Å². The molecule has 0 bridgehead atoms. The minimum atomic E-state index is -1.11. The number of benzene rings is 2. The van der Waals surface area contributed by atoms with Gasteiger partial charge in [0.15, 0.2) is 23.0 Å². The number of Topliss-reactive ketones (excluding diaryl/α,β-unsaturated/α-hetero) is 2. The Bertz CT molecular complexity index is 1120. The van der Waals surface area contributed by atoms with E-state index in [2.05, 4.69) is 0 Å². The van der Waals surface area contributed by atoms with Crippen molar-refractivity contribution in [3.63, 3.8) is 0 Å². The van der Waals surface area contributed by atoms with Gasteiger partial charge in [0, 0.05) is 11.1 Å². The van der Waals surface area contributed by atoms with Crippen LogP contribution in [0.4, 0.5) is 5.69 Å². The minimum absolute atomic E-state index is 0.0173. The number of carbonyl (C=O) groups excluding carboxylic acids is 2. The zero-order valence-electron chi connectivity index (χ0n) is 16.5. The number of nitro groups is 1. The highest BCUT2D eigenvalue weighted by molar-refractivity contribution is 6.62. The van der Waals surface area contributed by atoms with Gasteiger partial charge in [0.25, 0.3) is 5.69 Å². The first-order valence-electron chi connectivity index (χ1n) is 8.48. The molecule has 1 aliphatic rings. The number of ether oxygens (including phenoxy) is 4. The number of allylic oxidation sites excluding steroid dienone is 1. The molecule has 2 aromatic carbocycles. The maximum absolute atomic E-state index is 12.8. The van der Waals surface area contributed by atoms with Crippen LogP contribution in [0.15, 0.2) is 24.3 Å². The molecular formula is C20H17NO9. The average Bonchev–Trinajstić information content (AvgIpc) is 2.75. The van der Waals surface area contributed by atoms with Crippen LogP contribution in [-0.4, -0.2) is 50.0 Å². The van der Waals surface area contributed by atoms with E-state index in [1.165, 1.54) is 46.6 Å². The van der Waals surface area contributed by atoms with Crippen LogP contribution in [0.5, 0.6) is 23.0 Å². The van der Waals surface area contributed by atoms with E-state index in [0.29, 0.717) is 0 Å². The van der Waals surface area contributed by atoms with Crippen molar-refractivity contribution >= 4 is 28.6 Å². The lowest BCUT2D eigenvalue weighted by molar-refractivity contribution is -0.385. The highest BCUT2D eigenvalue weighted by Gasteiger charge is 2.38. The lowest BCUT2D eigenvalue weighted by Gasteiger charge is -2.20. The molecule has 0 atom stereocenters. The minimum Gasteiger partial charge on any atom is -0.506 e. The molecule has 0 saturated heterocycles. The Morgan fingerprint density at radius 1 is 0.733 bits per heavy atom. The molecular weight excluding hydrogens is 398 g/mol. The number of nitrogens with zero attached hydrogens (tertiary/aromatic N) is 1. The van der Waals surface area contributed by atoms with Crippen LogP contribution >= 0.6 is 0 Å². The van der Waals surface area contributed by atoms with Crippen molar-refractivity contribution < 1.29 is 38.6 Å². The molecule has 1 N–H and O–H groups in total. The van der Waals surface area contributed by atoms with E-state index in [9.17, 15) is 24.8 Å². The first-order valence-corrected chi connectivity index (χ1v) is 8.48. The standard InChI is InChI=1S/C20H17NO9/c1-27-13-5-9-10(6-14(13)28-2)19(23)20(24)17(18(9)22)11-7-15(29-3)16(30-4)8-12(11)21(25)26/h5-8,22H,1-4H3. The predicted octanol–water partition coefficient (Wildman–Crippen LogP) is 2.82. The number of nitro benzene ring substituents is 1. The molecule has 10 nitrogen and oxygen atoms in total. The van der Waals surface area contributed by atoms with Gasteiger partial charge in [-0.3, -0.25) is 19.7 Å². The molecule has 30 heavy (non-hydrogen) atoms. The summed E-state index contributed by atoms with van der Waals surface area (Å²) >= 11 is 0. The maximum atomic E-state index is 12.8. The van der Waals surface area contributed by atoms with Crippen LogP contribution in [0.25, 0.3) is 11.3 Å². The van der Waals surface area contributed by atoms with Crippen molar-refractivity contribution in [3.8, 4) is 23.0 Å². The molecule has 0 aromatic heterocycles. The molecule has 0 amide bonds. The second-order valence-corrected chi connectivity index (χ2v) is 6.12. The average molecular weight is 415 g/mol. The van der Waals surface area contributed by atoms with Crippen molar-refractivity contribution in [1.29, 1.82) is 0 Å². The highest BCUT2D eigenvalue weighted by Crippen LogP contribution is 2.44. The Labute approximate surface area is 170 Å². The summed E-state index contributed by atoms with van der Waals surface area (Å²) in [7, 11) is 5.32. The van der Waals surface area contributed by atoms with Gasteiger partial charge in [-0.1, -0.05) is 0 Å². The summed E-state index contributed by atoms with van der Waals surface area (Å²) in [6, 6.07) is 4.81. The number of methoxy groups -OCH3 is 4. The smallest absolute Gasteiger partial charge is 0.281 e. The fourth-order valence-electron chi connectivity index (χ4n) is 3.21. The fraction of sp³-hybridized carbons (Fsp3) is 0.200. The zero-order chi connectivity index (χ0) is 22.2. The molecule has 1 aliphatic carbocycles. The molecule has 0 radical (unpaired) electrons. The van der Waals surface area contributed by atoms with E-state index in [-0.39, 0.29) is 39.7 Å². The molecule has 0 spiro atoms. The van der Waals surface area contributed by atoms with E-state index >= 15 is 0 Å². The Balaban J connectivity index is 2.38. The highest BCUT2D eigenvalue weighted by atomic mass is 16.6. The summed E-state index contributed by atoms with van der Waals surface area (Å²) in [5.74, 6) is -2.15. The van der Waals surface area contributed by atoms with Gasteiger partial charge in [0.1, 0.15) is 5.76 Å². The number of aliphatic hydroxyl groups is 1. The number of carbonyl (C=O) groups is 2. The van der Waals surface area contributed by atoms with E-state index in [1.807, 2.05) is 0 Å². The van der Waals surface area contributed by atoms with Gasteiger partial charge in [0.2, 0.25) is 11.6 Å². The van der Waals surface area contributed by atoms with Crippen molar-refractivity contribution in [3.05, 3.63) is 51.1 Å². The largest absolute Gasteiger partial charge is 0.506 e. The molecule has 0 saturated carbocycles. The van der Waals surface area contributed by atoms with Gasteiger partial charge in [0.05, 0.1) is 50.6 Å². The van der Waals surface area contributed by atoms with E-state index in [0.717, 1.165) is 6.07 Å². The Morgan fingerprint density at radius 3 is 1.63 bits per heavy atom. The number of hydrogen-bond acceptors (Lipinski definition) is 9. The Morgan fingerprint density at radius 2 is 1.17 bits per heavy atom. The zero-order valence-corrected chi connectivity index (χ0v) is 16.5. The lowest BCUT2D eigenvalue weighted by Crippen LogP contribution is -2.24. The molecule has 3 rings (SSSR count). The first kappa shape index (κ1) is 20.6. The van der Waals surface area contributed by atoms with Crippen molar-refractivity contribution in [2.45, 2.75) is 0 Å². The summed E-state index contributed by atoms with van der Waals surface area (Å²) < 4.78 is 20.5. The Hall–Kier alpha value is -4.08. The van der Waals surface area contributed by atoms with Gasteiger partial charge in [-0.15, -0.1) is 0 Å². The third kappa shape index (κ3) is 3.08. The van der Waals surface area contributed by atoms with Gasteiger partial charge in [-0.25, -0.2) is 0 Å². The summed E-state index contributed by atoms with van der Waals surface area (Å²) in [6.07, 6.45) is 0.